The SMILES string of the molecule is C=CC1=C(O)C(=C)C(C(=C)NCc2c(F)cc(F)cc2F)=CN1CC1CC(NC)C(C)C1C. The van der Waals surface area contributed by atoms with Crippen LogP contribution in [0.3, 0.4) is 0 Å². The molecule has 3 N–H and O–H groups in total. The number of hydrogen-bond donors (Lipinski definition) is 3. The minimum Gasteiger partial charge on any atom is -0.505 e. The number of hydrogen-bond acceptors (Lipinski definition) is 4. The fourth-order valence-electron chi connectivity index (χ4n) is 4.80. The zero-order valence-electron chi connectivity index (χ0n) is 19.4. The van der Waals surface area contributed by atoms with E-state index in [1.165, 1.54) is 0 Å². The van der Waals surface area contributed by atoms with Gasteiger partial charge in [0.2, 0.25) is 0 Å². The van der Waals surface area contributed by atoms with Gasteiger partial charge in [0.15, 0.2) is 0 Å². The van der Waals surface area contributed by atoms with Crippen LogP contribution in [0, 0.1) is 35.2 Å². The maximum absolute atomic E-state index is 14.0. The molecule has 4 nitrogen and oxygen atoms in total. The van der Waals surface area contributed by atoms with E-state index in [-0.39, 0.29) is 17.9 Å². The van der Waals surface area contributed by atoms with Crippen molar-refractivity contribution in [1.82, 2.24) is 15.5 Å². The molecule has 0 bridgehead atoms. The largest absolute Gasteiger partial charge is 0.505 e. The zero-order valence-corrected chi connectivity index (χ0v) is 19.4. The third kappa shape index (κ3) is 4.88. The maximum atomic E-state index is 14.0. The lowest BCUT2D eigenvalue weighted by Gasteiger charge is -2.33. The summed E-state index contributed by atoms with van der Waals surface area (Å²) in [6.07, 6.45) is 4.43. The van der Waals surface area contributed by atoms with Crippen LogP contribution >= 0.6 is 0 Å². The Balaban J connectivity index is 1.81. The van der Waals surface area contributed by atoms with Gasteiger partial charge < -0.3 is 20.6 Å². The van der Waals surface area contributed by atoms with Gasteiger partial charge in [0.1, 0.15) is 23.2 Å². The van der Waals surface area contributed by atoms with Crippen LogP contribution < -0.4 is 10.6 Å². The number of halogens is 3. The highest BCUT2D eigenvalue weighted by atomic mass is 19.1. The molecular formula is C26H32F3N3O. The molecular weight excluding hydrogens is 427 g/mol. The molecule has 1 aliphatic carbocycles. The molecule has 0 saturated heterocycles. The Morgan fingerprint density at radius 3 is 2.39 bits per heavy atom. The normalized spacial score (nSPS) is 25.3. The van der Waals surface area contributed by atoms with Crippen molar-refractivity contribution in [3.8, 4) is 0 Å². The van der Waals surface area contributed by atoms with Gasteiger partial charge >= 0.3 is 0 Å². The second-order valence-electron chi connectivity index (χ2n) is 8.90. The first kappa shape index (κ1) is 24.7. The van der Waals surface area contributed by atoms with Crippen LogP contribution in [-0.4, -0.2) is 29.6 Å². The molecule has 1 fully saturated rings. The average molecular weight is 460 g/mol. The van der Waals surface area contributed by atoms with Crippen molar-refractivity contribution in [1.29, 1.82) is 0 Å². The van der Waals surface area contributed by atoms with Gasteiger partial charge in [-0.15, -0.1) is 0 Å². The summed E-state index contributed by atoms with van der Waals surface area (Å²) in [4.78, 5) is 1.93. The van der Waals surface area contributed by atoms with Crippen molar-refractivity contribution in [3.05, 3.63) is 95.5 Å². The molecule has 0 spiro atoms. The van der Waals surface area contributed by atoms with E-state index >= 15 is 0 Å². The molecule has 7 heteroatoms. The van der Waals surface area contributed by atoms with Gasteiger partial charge in [-0.2, -0.15) is 0 Å². The Kier molecular flexibility index (Phi) is 7.42. The monoisotopic (exact) mass is 459 g/mol. The zero-order chi connectivity index (χ0) is 24.4. The third-order valence-corrected chi connectivity index (χ3v) is 7.12. The number of rotatable bonds is 8. The van der Waals surface area contributed by atoms with Crippen LogP contribution in [0.5, 0.6) is 0 Å². The smallest absolute Gasteiger partial charge is 0.146 e. The van der Waals surface area contributed by atoms with E-state index < -0.39 is 17.5 Å². The van der Waals surface area contributed by atoms with Gasteiger partial charge in [0, 0.05) is 59.9 Å². The van der Waals surface area contributed by atoms with Crippen molar-refractivity contribution >= 4 is 0 Å². The van der Waals surface area contributed by atoms with Crippen molar-refractivity contribution in [2.75, 3.05) is 13.6 Å². The summed E-state index contributed by atoms with van der Waals surface area (Å²) in [6, 6.07) is 1.70. The lowest BCUT2D eigenvalue weighted by Crippen LogP contribution is -2.31. The molecule has 0 radical (unpaired) electrons. The lowest BCUT2D eigenvalue weighted by molar-refractivity contribution is 0.276. The number of allylic oxidation sites excluding steroid dienone is 3. The Hall–Kier alpha value is -2.93. The number of aliphatic hydroxyl groups is 1. The van der Waals surface area contributed by atoms with Gasteiger partial charge in [0.25, 0.3) is 0 Å². The van der Waals surface area contributed by atoms with Crippen LogP contribution in [0.4, 0.5) is 13.2 Å². The molecule has 0 amide bonds. The Labute approximate surface area is 193 Å². The van der Waals surface area contributed by atoms with Crippen molar-refractivity contribution in [2.45, 2.75) is 32.9 Å². The molecule has 3 rings (SSSR count). The van der Waals surface area contributed by atoms with Crippen LogP contribution in [0.25, 0.3) is 0 Å². The van der Waals surface area contributed by atoms with E-state index in [2.05, 4.69) is 44.2 Å². The second-order valence-corrected chi connectivity index (χ2v) is 8.90. The number of nitrogens with zero attached hydrogens (tertiary/aromatic N) is 1. The first-order valence-electron chi connectivity index (χ1n) is 11.1. The molecule has 1 aliphatic heterocycles. The molecule has 2 aliphatic rings. The van der Waals surface area contributed by atoms with Crippen LogP contribution in [0.15, 0.2) is 72.4 Å². The Bertz CT molecular complexity index is 1010. The summed E-state index contributed by atoms with van der Waals surface area (Å²) in [5.74, 6) is -1.58. The predicted octanol–water partition coefficient (Wildman–Crippen LogP) is 5.30. The molecule has 1 saturated carbocycles. The van der Waals surface area contributed by atoms with Crippen LogP contribution in [-0.2, 0) is 6.54 Å². The quantitative estimate of drug-likeness (QED) is 0.494. The molecule has 178 valence electrons. The number of nitrogens with one attached hydrogen (secondary N) is 2. The summed E-state index contributed by atoms with van der Waals surface area (Å²) in [5.41, 5.74) is 1.45. The van der Waals surface area contributed by atoms with Gasteiger partial charge in [0.05, 0.1) is 5.70 Å². The first-order chi connectivity index (χ1) is 15.6. The highest BCUT2D eigenvalue weighted by Crippen LogP contribution is 2.39. The minimum atomic E-state index is -0.981. The fourth-order valence-corrected chi connectivity index (χ4v) is 4.80. The van der Waals surface area contributed by atoms with Gasteiger partial charge in [-0.3, -0.25) is 0 Å². The second kappa shape index (κ2) is 9.91. The van der Waals surface area contributed by atoms with E-state index in [9.17, 15) is 18.3 Å². The molecule has 1 heterocycles. The van der Waals surface area contributed by atoms with Gasteiger partial charge in [-0.05, 0) is 37.3 Å². The summed E-state index contributed by atoms with van der Waals surface area (Å²) < 4.78 is 41.2. The van der Waals surface area contributed by atoms with Crippen LogP contribution in [0.1, 0.15) is 25.8 Å². The van der Waals surface area contributed by atoms with Gasteiger partial charge in [-0.1, -0.05) is 33.6 Å². The highest BCUT2D eigenvalue weighted by Gasteiger charge is 2.38. The van der Waals surface area contributed by atoms with E-state index in [4.69, 9.17) is 0 Å². The first-order valence-corrected chi connectivity index (χ1v) is 11.1. The Morgan fingerprint density at radius 1 is 1.21 bits per heavy atom. The number of benzene rings is 1. The molecule has 4 unspecified atom stereocenters. The highest BCUT2D eigenvalue weighted by molar-refractivity contribution is 5.56. The van der Waals surface area contributed by atoms with Crippen molar-refractivity contribution in [2.24, 2.45) is 17.8 Å². The van der Waals surface area contributed by atoms with E-state index in [1.54, 1.807) is 6.08 Å². The summed E-state index contributed by atoms with van der Waals surface area (Å²) in [7, 11) is 1.97. The minimum absolute atomic E-state index is 0.0199. The number of aliphatic hydroxyl groups excluding tert-OH is 1. The molecule has 1 aromatic carbocycles. The lowest BCUT2D eigenvalue weighted by atomic mass is 9.90. The fraction of sp³-hybridized carbons (Fsp3) is 0.385. The predicted molar refractivity (Wildman–Crippen MR) is 125 cm³/mol. The topological polar surface area (TPSA) is 47.5 Å². The van der Waals surface area contributed by atoms with E-state index in [0.717, 1.165) is 6.42 Å². The molecule has 33 heavy (non-hydrogen) atoms. The van der Waals surface area contributed by atoms with Crippen LogP contribution in [0.2, 0.25) is 0 Å². The van der Waals surface area contributed by atoms with Gasteiger partial charge in [-0.25, -0.2) is 13.2 Å². The average Bonchev–Trinajstić information content (AvgIpc) is 3.03. The third-order valence-electron chi connectivity index (χ3n) is 7.12. The Morgan fingerprint density at radius 2 is 1.85 bits per heavy atom. The summed E-state index contributed by atoms with van der Waals surface area (Å²) in [5, 5.41) is 17.1. The summed E-state index contributed by atoms with van der Waals surface area (Å²) in [6.45, 7) is 16.7. The molecule has 4 atom stereocenters. The van der Waals surface area contributed by atoms with Crippen molar-refractivity contribution < 1.29 is 18.3 Å². The maximum Gasteiger partial charge on any atom is 0.146 e. The van der Waals surface area contributed by atoms with Crippen molar-refractivity contribution in [3.63, 3.8) is 0 Å². The summed E-state index contributed by atoms with van der Waals surface area (Å²) >= 11 is 0. The van der Waals surface area contributed by atoms with E-state index in [1.807, 2.05) is 18.1 Å². The van der Waals surface area contributed by atoms with E-state index in [0.29, 0.717) is 65.0 Å². The standard InChI is InChI=1S/C26H32F3N3O/c1-7-25-26(33)16(4)21(13-32(25)12-18-8-24(30-6)15(3)14(18)2)17(5)31-11-20-22(28)9-19(27)10-23(20)29/h7,9-10,13-15,18,24,30-31,33H,1,4-5,8,11-12H2,2-3,6H3. The molecule has 0 aromatic heterocycles. The molecule has 1 aromatic rings.